The smallest absolute Gasteiger partial charge is 0.363 e. The highest BCUT2D eigenvalue weighted by Crippen LogP contribution is 2.19. The first-order valence-electron chi connectivity index (χ1n) is 6.02. The summed E-state index contributed by atoms with van der Waals surface area (Å²) in [5, 5.41) is 0. The lowest BCUT2D eigenvalue weighted by molar-refractivity contribution is -0.129. The van der Waals surface area contributed by atoms with Gasteiger partial charge in [-0.2, -0.15) is 0 Å². The topological polar surface area (TPSA) is 51.5 Å². The highest BCUT2D eigenvalue weighted by Gasteiger charge is 2.24. The van der Waals surface area contributed by atoms with Gasteiger partial charge in [-0.3, -0.25) is 4.98 Å². The van der Waals surface area contributed by atoms with Crippen molar-refractivity contribution in [1.82, 2.24) is 4.98 Å². The summed E-state index contributed by atoms with van der Waals surface area (Å²) in [6, 6.07) is 8.36. The van der Waals surface area contributed by atoms with Gasteiger partial charge in [-0.15, -0.1) is 0 Å². The molecule has 0 aliphatic carbocycles. The molecule has 2 aromatic rings. The lowest BCUT2D eigenvalue weighted by Gasteiger charge is -1.99. The highest BCUT2D eigenvalue weighted by atomic mass is 19.2. The third-order valence-corrected chi connectivity index (χ3v) is 2.76. The molecule has 3 rings (SSSR count). The highest BCUT2D eigenvalue weighted by molar-refractivity contribution is 6.12. The molecule has 104 valence electrons. The summed E-state index contributed by atoms with van der Waals surface area (Å²) in [6.45, 7) is 0. The van der Waals surface area contributed by atoms with Gasteiger partial charge >= 0.3 is 5.97 Å². The largest absolute Gasteiger partial charge is 0.402 e. The van der Waals surface area contributed by atoms with Gasteiger partial charge in [0.25, 0.3) is 0 Å². The number of benzene rings is 1. The molecule has 0 saturated heterocycles. The molecular weight excluding hydrogens is 278 g/mol. The molecule has 1 aliphatic rings. The molecule has 0 radical (unpaired) electrons. The van der Waals surface area contributed by atoms with Crippen molar-refractivity contribution in [3.8, 4) is 0 Å². The molecule has 0 atom stereocenters. The number of pyridine rings is 1. The fraction of sp³-hybridized carbons (Fsp3) is 0. The monoisotopic (exact) mass is 286 g/mol. The van der Waals surface area contributed by atoms with Crippen LogP contribution in [0.1, 0.15) is 11.3 Å². The number of carbonyl (C=O) groups is 1. The molecule has 0 N–H and O–H groups in total. The average Bonchev–Trinajstić information content (AvgIpc) is 2.84. The second-order valence-corrected chi connectivity index (χ2v) is 4.22. The number of aliphatic imine (C=N–C) groups is 1. The second-order valence-electron chi connectivity index (χ2n) is 4.22. The van der Waals surface area contributed by atoms with Crippen LogP contribution in [0.4, 0.5) is 8.78 Å². The van der Waals surface area contributed by atoms with Gasteiger partial charge < -0.3 is 4.74 Å². The maximum Gasteiger partial charge on any atom is 0.363 e. The van der Waals surface area contributed by atoms with E-state index in [0.29, 0.717) is 5.69 Å². The van der Waals surface area contributed by atoms with Gasteiger partial charge in [0.05, 0.1) is 5.69 Å². The number of cyclic esters (lactones) is 1. The van der Waals surface area contributed by atoms with Gasteiger partial charge in [0, 0.05) is 11.8 Å². The van der Waals surface area contributed by atoms with Crippen LogP contribution in [0.25, 0.3) is 6.08 Å². The number of nitrogens with zero attached hydrogens (tertiary/aromatic N) is 2. The van der Waals surface area contributed by atoms with Crippen molar-refractivity contribution in [2.24, 2.45) is 4.99 Å². The van der Waals surface area contributed by atoms with Crippen LogP contribution in [-0.4, -0.2) is 16.9 Å². The number of rotatable bonds is 2. The van der Waals surface area contributed by atoms with Gasteiger partial charge in [0.2, 0.25) is 5.90 Å². The van der Waals surface area contributed by atoms with E-state index in [1.165, 1.54) is 12.1 Å². The maximum atomic E-state index is 13.2. The Bertz CT molecular complexity index is 770. The normalized spacial score (nSPS) is 16.0. The van der Waals surface area contributed by atoms with Gasteiger partial charge in [0.1, 0.15) is 0 Å². The molecule has 6 heteroatoms. The predicted molar refractivity (Wildman–Crippen MR) is 71.2 cm³/mol. The van der Waals surface area contributed by atoms with Crippen LogP contribution in [0.2, 0.25) is 0 Å². The van der Waals surface area contributed by atoms with Gasteiger partial charge in [-0.25, -0.2) is 18.6 Å². The summed E-state index contributed by atoms with van der Waals surface area (Å²) >= 11 is 0. The maximum absolute atomic E-state index is 13.2. The van der Waals surface area contributed by atoms with E-state index in [2.05, 4.69) is 9.98 Å². The Morgan fingerprint density at radius 3 is 2.67 bits per heavy atom. The van der Waals surface area contributed by atoms with Crippen LogP contribution in [0.5, 0.6) is 0 Å². The number of hydrogen-bond donors (Lipinski definition) is 0. The Morgan fingerprint density at radius 1 is 1.10 bits per heavy atom. The van der Waals surface area contributed by atoms with E-state index in [9.17, 15) is 13.6 Å². The van der Waals surface area contributed by atoms with Crippen molar-refractivity contribution < 1.29 is 18.3 Å². The lowest BCUT2D eigenvalue weighted by Crippen LogP contribution is -2.06. The van der Waals surface area contributed by atoms with Crippen LogP contribution in [0.15, 0.2) is 53.3 Å². The van der Waals surface area contributed by atoms with Crippen LogP contribution >= 0.6 is 0 Å². The summed E-state index contributed by atoms with van der Waals surface area (Å²) in [5.41, 5.74) is 0.778. The quantitative estimate of drug-likeness (QED) is 0.630. The summed E-state index contributed by atoms with van der Waals surface area (Å²) in [5.74, 6) is -2.75. The van der Waals surface area contributed by atoms with Crippen molar-refractivity contribution in [1.29, 1.82) is 0 Å². The SMILES string of the molecule is O=C1OC(c2ccc(F)c(F)c2)=N/C1=C/c1ccccn1. The minimum atomic E-state index is -1.03. The molecule has 1 aromatic heterocycles. The fourth-order valence-corrected chi connectivity index (χ4v) is 1.76. The molecule has 2 heterocycles. The van der Waals surface area contributed by atoms with Crippen molar-refractivity contribution in [2.45, 2.75) is 0 Å². The third kappa shape index (κ3) is 2.69. The fourth-order valence-electron chi connectivity index (χ4n) is 1.76. The standard InChI is InChI=1S/C15H8F2N2O2/c16-11-5-4-9(7-12(11)17)14-19-13(15(20)21-14)8-10-3-1-2-6-18-10/h1-8H/b13-8+. The van der Waals surface area contributed by atoms with E-state index in [-0.39, 0.29) is 17.2 Å². The molecule has 1 aliphatic heterocycles. The van der Waals surface area contributed by atoms with E-state index < -0.39 is 17.6 Å². The first-order valence-corrected chi connectivity index (χ1v) is 6.02. The molecular formula is C15H8F2N2O2. The zero-order valence-electron chi connectivity index (χ0n) is 10.6. The van der Waals surface area contributed by atoms with Crippen molar-refractivity contribution in [3.63, 3.8) is 0 Å². The molecule has 21 heavy (non-hydrogen) atoms. The van der Waals surface area contributed by atoms with Gasteiger partial charge in [0.15, 0.2) is 17.3 Å². The van der Waals surface area contributed by atoms with Crippen molar-refractivity contribution in [2.75, 3.05) is 0 Å². The Labute approximate surface area is 118 Å². The average molecular weight is 286 g/mol. The first-order chi connectivity index (χ1) is 10.1. The Morgan fingerprint density at radius 2 is 1.95 bits per heavy atom. The third-order valence-electron chi connectivity index (χ3n) is 2.76. The molecule has 0 saturated carbocycles. The molecule has 0 spiro atoms. The van der Waals surface area contributed by atoms with E-state index >= 15 is 0 Å². The van der Waals surface area contributed by atoms with Crippen molar-refractivity contribution in [3.05, 3.63) is 71.2 Å². The molecule has 0 unspecified atom stereocenters. The molecule has 0 fully saturated rings. The molecule has 0 amide bonds. The van der Waals surface area contributed by atoms with Crippen LogP contribution in [0, 0.1) is 11.6 Å². The number of ether oxygens (including phenoxy) is 1. The summed E-state index contributed by atoms with van der Waals surface area (Å²) in [6.07, 6.45) is 3.03. The molecule has 0 bridgehead atoms. The van der Waals surface area contributed by atoms with E-state index in [1.54, 1.807) is 24.4 Å². The van der Waals surface area contributed by atoms with Crippen LogP contribution in [-0.2, 0) is 9.53 Å². The Kier molecular flexibility index (Phi) is 3.27. The lowest BCUT2D eigenvalue weighted by atomic mass is 10.2. The number of aromatic nitrogens is 1. The summed E-state index contributed by atoms with van der Waals surface area (Å²) in [7, 11) is 0. The molecule has 1 aromatic carbocycles. The first kappa shape index (κ1) is 13.1. The number of hydrogen-bond acceptors (Lipinski definition) is 4. The van der Waals surface area contributed by atoms with Crippen molar-refractivity contribution >= 4 is 17.9 Å². The zero-order valence-corrected chi connectivity index (χ0v) is 10.6. The number of esters is 1. The Balaban J connectivity index is 1.95. The van der Waals surface area contributed by atoms with Crippen LogP contribution in [0.3, 0.4) is 0 Å². The zero-order chi connectivity index (χ0) is 14.8. The number of halogens is 2. The summed E-state index contributed by atoms with van der Waals surface area (Å²) in [4.78, 5) is 19.7. The minimum Gasteiger partial charge on any atom is -0.402 e. The van der Waals surface area contributed by atoms with E-state index in [0.717, 1.165) is 12.1 Å². The second kappa shape index (κ2) is 5.24. The Hall–Kier alpha value is -2.89. The van der Waals surface area contributed by atoms with Gasteiger partial charge in [-0.1, -0.05) is 6.07 Å². The minimum absolute atomic E-state index is 0.0495. The van der Waals surface area contributed by atoms with Gasteiger partial charge in [-0.05, 0) is 36.4 Å². The summed E-state index contributed by atoms with van der Waals surface area (Å²) < 4.78 is 31.0. The predicted octanol–water partition coefficient (Wildman–Crippen LogP) is 2.70. The van der Waals surface area contributed by atoms with Crippen LogP contribution < -0.4 is 0 Å². The van der Waals surface area contributed by atoms with E-state index in [1.807, 2.05) is 0 Å². The number of carbonyl (C=O) groups excluding carboxylic acids is 1. The molecule has 4 nitrogen and oxygen atoms in total. The van der Waals surface area contributed by atoms with E-state index in [4.69, 9.17) is 4.74 Å².